The summed E-state index contributed by atoms with van der Waals surface area (Å²) >= 11 is 18.9. The molecule has 1 aliphatic rings. The van der Waals surface area contributed by atoms with Crippen LogP contribution in [-0.2, 0) is 6.54 Å². The third-order valence-corrected chi connectivity index (χ3v) is 7.86. The fourth-order valence-electron chi connectivity index (χ4n) is 4.78. The van der Waals surface area contributed by atoms with Crippen LogP contribution in [0.1, 0.15) is 25.7 Å². The lowest BCUT2D eigenvalue weighted by molar-refractivity contribution is 0.184. The number of aromatic nitrogens is 4. The van der Waals surface area contributed by atoms with Crippen LogP contribution in [-0.4, -0.2) is 50.4 Å². The highest BCUT2D eigenvalue weighted by atomic mass is 35.5. The van der Waals surface area contributed by atoms with E-state index in [0.29, 0.717) is 56.9 Å². The Balaban J connectivity index is 1.45. The quantitative estimate of drug-likeness (QED) is 0.232. The molecule has 0 unspecified atom stereocenters. The van der Waals surface area contributed by atoms with Crippen LogP contribution < -0.4 is 10.1 Å². The van der Waals surface area contributed by atoms with Crippen LogP contribution in [0.4, 0.5) is 10.5 Å². The number of anilines is 1. The van der Waals surface area contributed by atoms with Crippen molar-refractivity contribution in [2.75, 3.05) is 19.0 Å². The van der Waals surface area contributed by atoms with Gasteiger partial charge in [0.25, 0.3) is 0 Å². The summed E-state index contributed by atoms with van der Waals surface area (Å²) in [7, 11) is 1.57. The van der Waals surface area contributed by atoms with Gasteiger partial charge in [-0.3, -0.25) is 4.98 Å². The van der Waals surface area contributed by atoms with E-state index < -0.39 is 0 Å². The van der Waals surface area contributed by atoms with Crippen molar-refractivity contribution in [1.82, 2.24) is 24.6 Å². The number of ether oxygens (including phenoxy) is 1. The Morgan fingerprint density at radius 2 is 1.90 bits per heavy atom. The number of nitrogens with one attached hydrogen (secondary N) is 1. The molecule has 0 spiro atoms. The normalized spacial score (nSPS) is 13.4. The van der Waals surface area contributed by atoms with Crippen molar-refractivity contribution >= 4 is 46.5 Å². The van der Waals surface area contributed by atoms with Gasteiger partial charge in [0, 0.05) is 24.3 Å². The molecule has 202 valence electrons. The number of carbonyl (C=O) groups is 1. The molecule has 4 aromatic rings. The predicted octanol–water partition coefficient (Wildman–Crippen LogP) is 7.45. The molecular weight excluding hydrogens is 559 g/mol. The second-order valence-corrected chi connectivity index (χ2v) is 10.4. The molecule has 2 heterocycles. The first-order valence-corrected chi connectivity index (χ1v) is 13.8. The number of pyridine rings is 1. The molecule has 2 amide bonds. The molecular formula is C28H27Cl3N6O2. The van der Waals surface area contributed by atoms with Crippen LogP contribution in [0.3, 0.4) is 0 Å². The lowest BCUT2D eigenvalue weighted by atomic mass is 10.2. The lowest BCUT2D eigenvalue weighted by Crippen LogP contribution is -2.43. The molecule has 0 saturated heterocycles. The minimum atomic E-state index is -0.231. The molecule has 0 atom stereocenters. The predicted molar refractivity (Wildman–Crippen MR) is 155 cm³/mol. The lowest BCUT2D eigenvalue weighted by Gasteiger charge is -2.29. The first-order chi connectivity index (χ1) is 18.9. The molecule has 0 aliphatic heterocycles. The van der Waals surface area contributed by atoms with Gasteiger partial charge >= 0.3 is 6.03 Å². The van der Waals surface area contributed by atoms with E-state index in [9.17, 15) is 4.79 Å². The van der Waals surface area contributed by atoms with Crippen LogP contribution in [0.15, 0.2) is 60.8 Å². The van der Waals surface area contributed by atoms with Crippen LogP contribution in [0.5, 0.6) is 5.75 Å². The topological polar surface area (TPSA) is 85.2 Å². The van der Waals surface area contributed by atoms with Crippen molar-refractivity contribution in [3.05, 3.63) is 75.9 Å². The number of urea groups is 1. The Bertz CT molecular complexity index is 1460. The Morgan fingerprint density at radius 1 is 1.08 bits per heavy atom. The van der Waals surface area contributed by atoms with Crippen molar-refractivity contribution in [1.29, 1.82) is 0 Å². The second kappa shape index (κ2) is 12.2. The highest BCUT2D eigenvalue weighted by molar-refractivity contribution is 6.44. The third-order valence-electron chi connectivity index (χ3n) is 6.75. The molecule has 8 nitrogen and oxygen atoms in total. The average molecular weight is 586 g/mol. The molecule has 39 heavy (non-hydrogen) atoms. The number of halogens is 3. The minimum Gasteiger partial charge on any atom is -0.495 e. The van der Waals surface area contributed by atoms with E-state index in [1.54, 1.807) is 48.3 Å². The molecule has 2 aromatic carbocycles. The van der Waals surface area contributed by atoms with Crippen LogP contribution >= 0.6 is 34.8 Å². The highest BCUT2D eigenvalue weighted by Crippen LogP contribution is 2.32. The molecule has 1 fully saturated rings. The average Bonchev–Trinajstić information content (AvgIpc) is 3.63. The first kappa shape index (κ1) is 27.2. The van der Waals surface area contributed by atoms with Gasteiger partial charge in [-0.25, -0.2) is 14.5 Å². The summed E-state index contributed by atoms with van der Waals surface area (Å²) < 4.78 is 7.11. The number of nitrogens with zero attached hydrogens (tertiary/aromatic N) is 5. The molecule has 11 heteroatoms. The first-order valence-electron chi connectivity index (χ1n) is 12.7. The molecule has 1 N–H and O–H groups in total. The van der Waals surface area contributed by atoms with E-state index in [-0.39, 0.29) is 12.1 Å². The van der Waals surface area contributed by atoms with Crippen LogP contribution in [0.2, 0.25) is 15.1 Å². The fourth-order valence-corrected chi connectivity index (χ4v) is 5.38. The van der Waals surface area contributed by atoms with Gasteiger partial charge in [-0.15, -0.1) is 5.10 Å². The van der Waals surface area contributed by atoms with Crippen molar-refractivity contribution in [2.45, 2.75) is 38.3 Å². The van der Waals surface area contributed by atoms with Crippen LogP contribution in [0.25, 0.3) is 22.9 Å². The van der Waals surface area contributed by atoms with E-state index in [1.165, 1.54) is 0 Å². The van der Waals surface area contributed by atoms with Crippen molar-refractivity contribution in [3.63, 3.8) is 0 Å². The fraction of sp³-hybridized carbons (Fsp3) is 0.286. The zero-order chi connectivity index (χ0) is 27.4. The number of hydrogen-bond donors (Lipinski definition) is 1. The Kier molecular flexibility index (Phi) is 8.55. The van der Waals surface area contributed by atoms with Crippen molar-refractivity contribution in [2.24, 2.45) is 0 Å². The minimum absolute atomic E-state index is 0.112. The summed E-state index contributed by atoms with van der Waals surface area (Å²) in [6.07, 6.45) is 5.74. The number of rotatable bonds is 8. The second-order valence-electron chi connectivity index (χ2n) is 9.21. The van der Waals surface area contributed by atoms with Gasteiger partial charge < -0.3 is 15.0 Å². The Hall–Kier alpha value is -3.33. The van der Waals surface area contributed by atoms with E-state index >= 15 is 0 Å². The van der Waals surface area contributed by atoms with Gasteiger partial charge in [0.1, 0.15) is 11.4 Å². The number of methoxy groups -OCH3 is 1. The third kappa shape index (κ3) is 6.13. The summed E-state index contributed by atoms with van der Waals surface area (Å²) in [5.74, 6) is 1.67. The van der Waals surface area contributed by atoms with E-state index in [1.807, 2.05) is 29.2 Å². The molecule has 1 saturated carbocycles. The summed E-state index contributed by atoms with van der Waals surface area (Å²) in [6, 6.07) is 16.1. The standard InChI is InChI=1S/C28H27Cl3N6O2/c1-39-24-13-12-18(17-21(24)30)27-34-26(23-10-4-5-14-32-23)35-37(27)16-15-36(19-7-2-3-8-19)28(38)33-22-11-6-9-20(29)25(22)31/h4-6,9-14,17,19H,2-3,7-8,15-16H2,1H3,(H,33,38). The zero-order valence-corrected chi connectivity index (χ0v) is 23.5. The van der Waals surface area contributed by atoms with Gasteiger partial charge in [-0.05, 0) is 55.3 Å². The summed E-state index contributed by atoms with van der Waals surface area (Å²) in [6.45, 7) is 0.822. The molecule has 1 aliphatic carbocycles. The molecule has 0 bridgehead atoms. The summed E-state index contributed by atoms with van der Waals surface area (Å²) in [4.78, 5) is 24.6. The van der Waals surface area contributed by atoms with E-state index in [0.717, 1.165) is 31.2 Å². The van der Waals surface area contributed by atoms with Crippen molar-refractivity contribution < 1.29 is 9.53 Å². The maximum absolute atomic E-state index is 13.5. The zero-order valence-electron chi connectivity index (χ0n) is 21.3. The number of benzene rings is 2. The van der Waals surface area contributed by atoms with Gasteiger partial charge in [0.2, 0.25) is 0 Å². The maximum Gasteiger partial charge on any atom is 0.322 e. The number of hydrogen-bond acceptors (Lipinski definition) is 5. The smallest absolute Gasteiger partial charge is 0.322 e. The monoisotopic (exact) mass is 584 g/mol. The Morgan fingerprint density at radius 3 is 2.62 bits per heavy atom. The van der Waals surface area contributed by atoms with Gasteiger partial charge in [0.05, 0.1) is 34.4 Å². The summed E-state index contributed by atoms with van der Waals surface area (Å²) in [5, 5.41) is 8.88. The van der Waals surface area contributed by atoms with Crippen LogP contribution in [0, 0.1) is 0 Å². The largest absolute Gasteiger partial charge is 0.495 e. The van der Waals surface area contributed by atoms with Gasteiger partial charge in [-0.2, -0.15) is 0 Å². The van der Waals surface area contributed by atoms with E-state index in [4.69, 9.17) is 49.6 Å². The molecule has 5 rings (SSSR count). The SMILES string of the molecule is COc1ccc(-c2nc(-c3ccccn3)nn2CCN(C(=O)Nc2cccc(Cl)c2Cl)C2CCCC2)cc1Cl. The maximum atomic E-state index is 13.5. The van der Waals surface area contributed by atoms with Crippen molar-refractivity contribution in [3.8, 4) is 28.7 Å². The number of carbonyl (C=O) groups excluding carboxylic acids is 1. The molecule has 0 radical (unpaired) electrons. The summed E-state index contributed by atoms with van der Waals surface area (Å²) in [5.41, 5.74) is 1.90. The number of amides is 2. The van der Waals surface area contributed by atoms with Gasteiger partial charge in [0.15, 0.2) is 11.6 Å². The van der Waals surface area contributed by atoms with E-state index in [2.05, 4.69) is 10.3 Å². The van der Waals surface area contributed by atoms with Gasteiger partial charge in [-0.1, -0.05) is 59.8 Å². The molecule has 2 aromatic heterocycles. The highest BCUT2D eigenvalue weighted by Gasteiger charge is 2.28. The Labute approximate surface area is 241 Å².